The summed E-state index contributed by atoms with van der Waals surface area (Å²) in [5.41, 5.74) is 1.50. The number of hydrogen-bond acceptors (Lipinski definition) is 3. The Morgan fingerprint density at radius 3 is 2.50 bits per heavy atom. The van der Waals surface area contributed by atoms with Crippen LogP contribution >= 0.6 is 0 Å². The fourth-order valence-corrected chi connectivity index (χ4v) is 3.14. The minimum atomic E-state index is 0.789. The van der Waals surface area contributed by atoms with Crippen LogP contribution in [0.2, 0.25) is 0 Å². The molecule has 0 atom stereocenters. The number of fused-ring (bicyclic) bond motifs is 3. The summed E-state index contributed by atoms with van der Waals surface area (Å²) < 4.78 is 5.38. The fraction of sp³-hybridized carbons (Fsp3) is 0.923. The molecule has 3 heteroatoms. The molecule has 0 saturated carbocycles. The summed E-state index contributed by atoms with van der Waals surface area (Å²) in [6.45, 7) is 6.73. The predicted molar refractivity (Wildman–Crippen MR) is 65.0 cm³/mol. The molecule has 0 aromatic carbocycles. The highest BCUT2D eigenvalue weighted by atomic mass is 16.5. The van der Waals surface area contributed by atoms with Gasteiger partial charge >= 0.3 is 0 Å². The molecule has 3 nitrogen and oxygen atoms in total. The Kier molecular flexibility index (Phi) is 3.25. The summed E-state index contributed by atoms with van der Waals surface area (Å²) in [5, 5.41) is 0. The van der Waals surface area contributed by atoms with E-state index in [-0.39, 0.29) is 0 Å². The van der Waals surface area contributed by atoms with Crippen LogP contribution in [-0.4, -0.2) is 50.0 Å². The maximum Gasteiger partial charge on any atom is 0.0469 e. The number of rotatable bonds is 2. The van der Waals surface area contributed by atoms with Gasteiger partial charge in [-0.25, -0.2) is 0 Å². The van der Waals surface area contributed by atoms with Crippen molar-refractivity contribution in [3.05, 3.63) is 0 Å². The first kappa shape index (κ1) is 10.7. The van der Waals surface area contributed by atoms with Crippen LogP contribution in [0.15, 0.2) is 4.99 Å². The van der Waals surface area contributed by atoms with Crippen LogP contribution < -0.4 is 0 Å². The second kappa shape index (κ2) is 4.84. The highest BCUT2D eigenvalue weighted by molar-refractivity contribution is 5.90. The van der Waals surface area contributed by atoms with Gasteiger partial charge in [0.2, 0.25) is 0 Å². The second-order valence-corrected chi connectivity index (χ2v) is 5.44. The highest BCUT2D eigenvalue weighted by Crippen LogP contribution is 2.26. The molecule has 0 aromatic heterocycles. The zero-order valence-electron chi connectivity index (χ0n) is 10.0. The Bertz CT molecular complexity index is 263. The lowest BCUT2D eigenvalue weighted by molar-refractivity contribution is 0.0688. The van der Waals surface area contributed by atoms with Crippen LogP contribution in [0.4, 0.5) is 0 Å². The van der Waals surface area contributed by atoms with Gasteiger partial charge < -0.3 is 4.74 Å². The predicted octanol–water partition coefficient (Wildman–Crippen LogP) is 1.58. The van der Waals surface area contributed by atoms with Crippen molar-refractivity contribution in [2.75, 3.05) is 39.4 Å². The number of ether oxygens (including phenoxy) is 1. The third kappa shape index (κ3) is 2.30. The first-order chi connectivity index (χ1) is 7.92. The Hall–Kier alpha value is -0.410. The second-order valence-electron chi connectivity index (χ2n) is 5.44. The van der Waals surface area contributed by atoms with Gasteiger partial charge in [-0.1, -0.05) is 0 Å². The van der Waals surface area contributed by atoms with Crippen LogP contribution in [0.3, 0.4) is 0 Å². The SMILES string of the molecule is C1CC(C/N=C2\CN3CCC2CC3)CCO1. The third-order valence-corrected chi connectivity index (χ3v) is 4.34. The maximum absolute atomic E-state index is 5.38. The van der Waals surface area contributed by atoms with E-state index in [2.05, 4.69) is 4.90 Å². The normalized spacial score (nSPS) is 38.1. The average molecular weight is 222 g/mol. The van der Waals surface area contributed by atoms with Gasteiger partial charge in [-0.3, -0.25) is 9.89 Å². The highest BCUT2D eigenvalue weighted by Gasteiger charge is 2.30. The number of hydrogen-bond donors (Lipinski definition) is 0. The van der Waals surface area contributed by atoms with Crippen molar-refractivity contribution < 1.29 is 4.74 Å². The van der Waals surface area contributed by atoms with E-state index in [4.69, 9.17) is 9.73 Å². The molecule has 0 N–H and O–H groups in total. The molecule has 4 rings (SSSR count). The smallest absolute Gasteiger partial charge is 0.0469 e. The van der Waals surface area contributed by atoms with Crippen molar-refractivity contribution in [3.8, 4) is 0 Å². The molecule has 0 spiro atoms. The standard InChI is InChI=1S/C13H22N2O/c1-5-15-6-2-12(1)13(10-15)14-9-11-3-7-16-8-4-11/h11-12H,1-10H2/b14-13+. The van der Waals surface area contributed by atoms with E-state index in [1.54, 1.807) is 0 Å². The number of piperidine rings is 3. The Morgan fingerprint density at radius 2 is 1.88 bits per heavy atom. The zero-order chi connectivity index (χ0) is 10.8. The van der Waals surface area contributed by atoms with Crippen LogP contribution in [-0.2, 0) is 4.74 Å². The summed E-state index contributed by atoms with van der Waals surface area (Å²) in [7, 11) is 0. The molecule has 90 valence electrons. The fourth-order valence-electron chi connectivity index (χ4n) is 3.14. The number of nitrogens with zero attached hydrogens (tertiary/aromatic N) is 2. The quantitative estimate of drug-likeness (QED) is 0.708. The van der Waals surface area contributed by atoms with E-state index >= 15 is 0 Å². The van der Waals surface area contributed by atoms with Crippen LogP contribution in [0.1, 0.15) is 25.7 Å². The molecule has 4 aliphatic rings. The van der Waals surface area contributed by atoms with Crippen molar-refractivity contribution in [3.63, 3.8) is 0 Å². The molecular formula is C13H22N2O. The summed E-state index contributed by atoms with van der Waals surface area (Å²) in [6, 6.07) is 0. The Balaban J connectivity index is 1.55. The van der Waals surface area contributed by atoms with Gasteiger partial charge in [0, 0.05) is 37.9 Å². The monoisotopic (exact) mass is 222 g/mol. The molecule has 2 bridgehead atoms. The molecule has 0 aromatic rings. The summed E-state index contributed by atoms with van der Waals surface area (Å²) in [4.78, 5) is 7.47. The summed E-state index contributed by atoms with van der Waals surface area (Å²) >= 11 is 0. The van der Waals surface area contributed by atoms with E-state index in [9.17, 15) is 0 Å². The van der Waals surface area contributed by atoms with Crippen molar-refractivity contribution in [1.82, 2.24) is 4.90 Å². The maximum atomic E-state index is 5.38. The molecule has 4 heterocycles. The van der Waals surface area contributed by atoms with Crippen LogP contribution in [0, 0.1) is 11.8 Å². The van der Waals surface area contributed by atoms with Gasteiger partial charge in [-0.05, 0) is 44.7 Å². The molecule has 4 saturated heterocycles. The summed E-state index contributed by atoms with van der Waals surface area (Å²) in [6.07, 6.45) is 5.13. The lowest BCUT2D eigenvalue weighted by atomic mass is 9.86. The summed E-state index contributed by atoms with van der Waals surface area (Å²) in [5.74, 6) is 1.61. The molecule has 4 fully saturated rings. The molecular weight excluding hydrogens is 200 g/mol. The minimum Gasteiger partial charge on any atom is -0.381 e. The number of aliphatic imine (C=N–C) groups is 1. The Morgan fingerprint density at radius 1 is 1.12 bits per heavy atom. The van der Waals surface area contributed by atoms with Crippen molar-refractivity contribution in [2.45, 2.75) is 25.7 Å². The van der Waals surface area contributed by atoms with Gasteiger partial charge in [0.25, 0.3) is 0 Å². The average Bonchev–Trinajstić information content (AvgIpc) is 2.39. The van der Waals surface area contributed by atoms with E-state index in [1.807, 2.05) is 0 Å². The zero-order valence-corrected chi connectivity index (χ0v) is 10.0. The molecule has 0 radical (unpaired) electrons. The van der Waals surface area contributed by atoms with Gasteiger partial charge in [-0.2, -0.15) is 0 Å². The van der Waals surface area contributed by atoms with Gasteiger partial charge in [0.1, 0.15) is 0 Å². The van der Waals surface area contributed by atoms with Gasteiger partial charge in [0.05, 0.1) is 0 Å². The van der Waals surface area contributed by atoms with Crippen LogP contribution in [0.25, 0.3) is 0 Å². The van der Waals surface area contributed by atoms with Gasteiger partial charge in [0.15, 0.2) is 0 Å². The molecule has 16 heavy (non-hydrogen) atoms. The van der Waals surface area contributed by atoms with Crippen LogP contribution in [0.5, 0.6) is 0 Å². The lowest BCUT2D eigenvalue weighted by Gasteiger charge is -2.40. The van der Waals surface area contributed by atoms with Crippen molar-refractivity contribution in [2.24, 2.45) is 16.8 Å². The third-order valence-electron chi connectivity index (χ3n) is 4.34. The Labute approximate surface area is 97.9 Å². The van der Waals surface area contributed by atoms with Crippen molar-refractivity contribution >= 4 is 5.71 Å². The molecule has 4 aliphatic heterocycles. The van der Waals surface area contributed by atoms with E-state index in [0.29, 0.717) is 0 Å². The van der Waals surface area contributed by atoms with E-state index in [1.165, 1.54) is 44.5 Å². The molecule has 0 aliphatic carbocycles. The molecule has 0 amide bonds. The molecule has 0 unspecified atom stereocenters. The minimum absolute atomic E-state index is 0.789. The first-order valence-electron chi connectivity index (χ1n) is 6.75. The van der Waals surface area contributed by atoms with E-state index < -0.39 is 0 Å². The first-order valence-corrected chi connectivity index (χ1v) is 6.75. The van der Waals surface area contributed by atoms with Gasteiger partial charge in [-0.15, -0.1) is 0 Å². The van der Waals surface area contributed by atoms with E-state index in [0.717, 1.165) is 38.1 Å². The topological polar surface area (TPSA) is 24.8 Å². The largest absolute Gasteiger partial charge is 0.381 e. The van der Waals surface area contributed by atoms with Crippen molar-refractivity contribution in [1.29, 1.82) is 0 Å². The lowest BCUT2D eigenvalue weighted by Crippen LogP contribution is -2.48.